The molecule has 0 bridgehead atoms. The van der Waals surface area contributed by atoms with E-state index >= 15 is 0 Å². The van der Waals surface area contributed by atoms with E-state index in [-0.39, 0.29) is 5.56 Å². The van der Waals surface area contributed by atoms with Crippen molar-refractivity contribution in [3.63, 3.8) is 0 Å². The number of hydrogen-bond donors (Lipinski definition) is 1. The topological polar surface area (TPSA) is 88.4 Å². The largest absolute Gasteiger partial charge is 0.321 e. The van der Waals surface area contributed by atoms with Crippen LogP contribution in [0, 0.1) is 10.8 Å². The highest BCUT2D eigenvalue weighted by atomic mass is 35.6. The van der Waals surface area contributed by atoms with Gasteiger partial charge in [-0.1, -0.05) is 11.6 Å². The zero-order chi connectivity index (χ0) is 9.72. The summed E-state index contributed by atoms with van der Waals surface area (Å²) in [7, 11) is -0.922. The van der Waals surface area contributed by atoms with Crippen molar-refractivity contribution in [3.05, 3.63) is 20.8 Å². The van der Waals surface area contributed by atoms with Crippen LogP contribution in [0.4, 0.5) is 0 Å². The zero-order valence-corrected chi connectivity index (χ0v) is 8.19. The van der Waals surface area contributed by atoms with Gasteiger partial charge in [-0.3, -0.25) is 8.75 Å². The van der Waals surface area contributed by atoms with Crippen LogP contribution in [0.5, 0.6) is 0 Å². The molecule has 0 aromatic carbocycles. The van der Waals surface area contributed by atoms with E-state index in [0.717, 1.165) is 0 Å². The molecule has 0 atom stereocenters. The monoisotopic (exact) mass is 233 g/mol. The van der Waals surface area contributed by atoms with Crippen molar-refractivity contribution < 1.29 is 24.8 Å². The first-order valence-electron chi connectivity index (χ1n) is 2.51. The van der Waals surface area contributed by atoms with E-state index in [1.807, 2.05) is 0 Å². The molecule has 0 aliphatic carbocycles. The summed E-state index contributed by atoms with van der Waals surface area (Å²) in [5.74, 6) is 0. The molecule has 0 saturated carbocycles. The van der Waals surface area contributed by atoms with Crippen molar-refractivity contribution in [1.82, 2.24) is 3.96 Å². The molecule has 0 fully saturated rings. The Balaban J connectivity index is 0.000000261. The van der Waals surface area contributed by atoms with E-state index < -0.39 is 10.8 Å². The Bertz CT molecular complexity index is 280. The molecule has 70 valence electrons. The molecule has 5 nitrogen and oxygen atoms in total. The molecule has 0 saturated heterocycles. The molecule has 0 aliphatic heterocycles. The molecular formula is C4H5Cl2NO4S. The highest BCUT2D eigenvalue weighted by Gasteiger charge is 1.93. The predicted molar refractivity (Wildman–Crippen MR) is 36.8 cm³/mol. The first kappa shape index (κ1) is 11.9. The average molecular weight is 234 g/mol. The maximum Gasteiger partial charge on any atom is 0.282 e. The fraction of sp³-hybridized carbons (Fsp3) is 0.250. The number of nitrogens with zero attached hydrogens (tertiary/aromatic N) is 1. The van der Waals surface area contributed by atoms with Gasteiger partial charge in [0.25, 0.3) is 16.3 Å². The van der Waals surface area contributed by atoms with Gasteiger partial charge in [0, 0.05) is 17.8 Å². The van der Waals surface area contributed by atoms with Crippen LogP contribution in [0.15, 0.2) is 10.9 Å². The van der Waals surface area contributed by atoms with Gasteiger partial charge in [0.1, 0.15) is 4.34 Å². The first-order chi connectivity index (χ1) is 5.43. The summed E-state index contributed by atoms with van der Waals surface area (Å²) in [5, 5.41) is 0. The molecular weight excluding hydrogens is 229 g/mol. The van der Waals surface area contributed by atoms with Gasteiger partial charge >= 0.3 is 0 Å². The van der Waals surface area contributed by atoms with Crippen molar-refractivity contribution in [3.8, 4) is 0 Å². The smallest absolute Gasteiger partial charge is 0.282 e. The molecule has 1 aromatic rings. The summed E-state index contributed by atoms with van der Waals surface area (Å²) < 4.78 is 26.0. The maximum absolute atomic E-state index is 10.5. The fourth-order valence-corrected chi connectivity index (χ4v) is 1.35. The van der Waals surface area contributed by atoms with Gasteiger partial charge in [0.15, 0.2) is 0 Å². The van der Waals surface area contributed by atoms with Crippen molar-refractivity contribution in [2.75, 3.05) is 0 Å². The second kappa shape index (κ2) is 5.52. The van der Waals surface area contributed by atoms with Crippen LogP contribution < -0.4 is 14.9 Å². The second-order valence-electron chi connectivity index (χ2n) is 1.58. The lowest BCUT2D eigenvalue weighted by Crippen LogP contribution is -2.30. The Morgan fingerprint density at radius 3 is 2.25 bits per heavy atom. The number of rotatable bonds is 0. The molecule has 0 spiro atoms. The number of hydrogen-bond acceptors (Lipinski definition) is 5. The van der Waals surface area contributed by atoms with Crippen LogP contribution >= 0.6 is 23.1 Å². The van der Waals surface area contributed by atoms with Gasteiger partial charge < -0.3 is 9.32 Å². The maximum atomic E-state index is 10.5. The first-order valence-corrected chi connectivity index (χ1v) is 4.61. The molecule has 0 radical (unpaired) electrons. The molecule has 1 N–H and O–H groups in total. The Labute approximate surface area is 80.0 Å². The number of aryl methyl sites for hydroxylation is 1. The van der Waals surface area contributed by atoms with Crippen LogP contribution in [-0.4, -0.2) is 8.62 Å². The summed E-state index contributed by atoms with van der Waals surface area (Å²) in [4.78, 5) is 10.5. The Morgan fingerprint density at radius 1 is 1.75 bits per heavy atom. The fourth-order valence-electron chi connectivity index (χ4n) is 0.390. The van der Waals surface area contributed by atoms with Gasteiger partial charge in [-0.05, 0) is 11.5 Å². The third-order valence-corrected chi connectivity index (χ3v) is 1.83. The molecule has 0 aliphatic rings. The average Bonchev–Trinajstić information content (AvgIpc) is 2.08. The lowest BCUT2D eigenvalue weighted by molar-refractivity contribution is -1.63. The van der Waals surface area contributed by atoms with Crippen molar-refractivity contribution in [2.45, 2.75) is 0 Å². The minimum absolute atomic E-state index is 0.0417. The SMILES string of the molecule is Cn1sc(Cl)cc1=O.[O-][Cl+2]([O-])O. The van der Waals surface area contributed by atoms with Crippen LogP contribution in [0.2, 0.25) is 4.34 Å². The summed E-state index contributed by atoms with van der Waals surface area (Å²) in [6.07, 6.45) is 0. The van der Waals surface area contributed by atoms with Gasteiger partial charge in [-0.25, -0.2) is 0 Å². The molecule has 1 heterocycles. The highest BCUT2D eigenvalue weighted by Crippen LogP contribution is 2.09. The zero-order valence-electron chi connectivity index (χ0n) is 5.86. The van der Waals surface area contributed by atoms with Gasteiger partial charge in [0.05, 0.1) is 0 Å². The molecule has 12 heavy (non-hydrogen) atoms. The van der Waals surface area contributed by atoms with Crippen LogP contribution in [0.1, 0.15) is 0 Å². The third kappa shape index (κ3) is 5.53. The highest BCUT2D eigenvalue weighted by molar-refractivity contribution is 7.11. The van der Waals surface area contributed by atoms with E-state index in [2.05, 4.69) is 0 Å². The summed E-state index contributed by atoms with van der Waals surface area (Å²) in [5.41, 5.74) is -0.0417. The van der Waals surface area contributed by atoms with E-state index in [0.29, 0.717) is 4.34 Å². The quantitative estimate of drug-likeness (QED) is 0.571. The minimum atomic E-state index is -2.60. The van der Waals surface area contributed by atoms with Crippen molar-refractivity contribution in [1.29, 1.82) is 0 Å². The Hall–Kier alpha value is -0.110. The molecule has 1 aromatic heterocycles. The lowest BCUT2D eigenvalue weighted by atomic mass is 10.7. The molecule has 0 amide bonds. The summed E-state index contributed by atoms with van der Waals surface area (Å²) in [6, 6.07) is 1.40. The van der Waals surface area contributed by atoms with E-state index in [4.69, 9.17) is 25.6 Å². The lowest BCUT2D eigenvalue weighted by Gasteiger charge is -1.77. The van der Waals surface area contributed by atoms with Crippen LogP contribution in [-0.2, 0) is 7.05 Å². The summed E-state index contributed by atoms with van der Waals surface area (Å²) in [6.45, 7) is 0. The summed E-state index contributed by atoms with van der Waals surface area (Å²) >= 11 is 6.70. The van der Waals surface area contributed by atoms with Crippen LogP contribution in [0.3, 0.4) is 0 Å². The predicted octanol–water partition coefficient (Wildman–Crippen LogP) is -1.83. The molecule has 0 unspecified atom stereocenters. The van der Waals surface area contributed by atoms with Crippen molar-refractivity contribution >= 4 is 23.1 Å². The van der Waals surface area contributed by atoms with Crippen molar-refractivity contribution in [2.24, 2.45) is 7.05 Å². The van der Waals surface area contributed by atoms with Gasteiger partial charge in [0.2, 0.25) is 0 Å². The van der Waals surface area contributed by atoms with E-state index in [1.54, 1.807) is 7.05 Å². The Morgan fingerprint density at radius 2 is 2.17 bits per heavy atom. The van der Waals surface area contributed by atoms with Gasteiger partial charge in [-0.2, -0.15) is 0 Å². The molecule has 1 rings (SSSR count). The van der Waals surface area contributed by atoms with E-state index in [9.17, 15) is 4.79 Å². The normalized spacial score (nSPS) is 9.50. The second-order valence-corrected chi connectivity index (χ2v) is 3.78. The van der Waals surface area contributed by atoms with E-state index in [1.165, 1.54) is 21.6 Å². The van der Waals surface area contributed by atoms with Crippen LogP contribution in [0.25, 0.3) is 0 Å². The number of halogens is 2. The van der Waals surface area contributed by atoms with Gasteiger partial charge in [-0.15, -0.1) is 0 Å². The molecule has 8 heteroatoms. The standard InChI is InChI=1S/C4H4ClNOS.ClHO3/c1-6-4(7)2-3(5)8-6;2-1(3)4/h2H,1H3;2H. The minimum Gasteiger partial charge on any atom is -0.321 e. The number of aromatic nitrogens is 1. The third-order valence-electron chi connectivity index (χ3n) is 0.771. The Kier molecular flexibility index (Phi) is 5.47.